The van der Waals surface area contributed by atoms with Crippen molar-refractivity contribution in [1.29, 1.82) is 0 Å². The molecule has 0 aliphatic carbocycles. The van der Waals surface area contributed by atoms with E-state index in [-0.39, 0.29) is 0 Å². The summed E-state index contributed by atoms with van der Waals surface area (Å²) in [6.45, 7) is 9.63. The normalized spacial score (nSPS) is 19.2. The molecular weight excluding hydrogens is 208 g/mol. The number of fused-ring (bicyclic) bond motifs is 3. The van der Waals surface area contributed by atoms with Crippen molar-refractivity contribution in [3.05, 3.63) is 36.6 Å². The Labute approximate surface area is 103 Å². The van der Waals surface area contributed by atoms with Crippen LogP contribution >= 0.6 is 0 Å². The van der Waals surface area contributed by atoms with Crippen molar-refractivity contribution in [3.63, 3.8) is 0 Å². The van der Waals surface area contributed by atoms with Gasteiger partial charge in [0.1, 0.15) is 0 Å². The van der Waals surface area contributed by atoms with Crippen molar-refractivity contribution in [2.75, 3.05) is 0 Å². The zero-order valence-electron chi connectivity index (χ0n) is 10.6. The molecule has 2 aromatic rings. The van der Waals surface area contributed by atoms with E-state index in [0.717, 1.165) is 13.0 Å². The lowest BCUT2D eigenvalue weighted by Gasteiger charge is -2.06. The molecule has 3 rings (SSSR count). The van der Waals surface area contributed by atoms with Gasteiger partial charge in [0.05, 0.1) is 11.2 Å². The summed E-state index contributed by atoms with van der Waals surface area (Å²) in [5.41, 5.74) is 4.05. The molecule has 0 fully saturated rings. The zero-order chi connectivity index (χ0) is 12.0. The summed E-state index contributed by atoms with van der Waals surface area (Å²) in [7, 11) is 0. The maximum absolute atomic E-state index is 4.54. The molecule has 2 nitrogen and oxygen atoms in total. The third-order valence-electron chi connectivity index (χ3n) is 3.91. The van der Waals surface area contributed by atoms with Crippen LogP contribution < -0.4 is 0 Å². The van der Waals surface area contributed by atoms with Gasteiger partial charge >= 0.3 is 0 Å². The van der Waals surface area contributed by atoms with Gasteiger partial charge in [-0.15, -0.1) is 0 Å². The molecule has 0 bridgehead atoms. The second-order valence-electron chi connectivity index (χ2n) is 5.28. The number of hydrogen-bond acceptors (Lipinski definition) is 1. The van der Waals surface area contributed by atoms with Gasteiger partial charge in [0.2, 0.25) is 0 Å². The Kier molecular flexibility index (Phi) is 2.46. The third-order valence-corrected chi connectivity index (χ3v) is 3.91. The molecular formula is C15H19N2. The predicted octanol–water partition coefficient (Wildman–Crippen LogP) is 3.87. The Balaban J connectivity index is 2.25. The molecule has 0 spiro atoms. The van der Waals surface area contributed by atoms with Crippen LogP contribution in [-0.2, 0) is 6.54 Å². The van der Waals surface area contributed by atoms with Gasteiger partial charge in [0.25, 0.3) is 0 Å². The van der Waals surface area contributed by atoms with Crippen molar-refractivity contribution in [1.82, 2.24) is 9.55 Å². The molecule has 0 saturated heterocycles. The summed E-state index contributed by atoms with van der Waals surface area (Å²) in [5.74, 6) is 1.13. The van der Waals surface area contributed by atoms with Gasteiger partial charge in [-0.3, -0.25) is 4.98 Å². The van der Waals surface area contributed by atoms with Crippen LogP contribution in [0.4, 0.5) is 0 Å². The second-order valence-corrected chi connectivity index (χ2v) is 5.28. The lowest BCUT2D eigenvalue weighted by molar-refractivity contribution is 0.671. The van der Waals surface area contributed by atoms with Crippen molar-refractivity contribution in [2.45, 2.75) is 45.1 Å². The highest BCUT2D eigenvalue weighted by molar-refractivity contribution is 5.84. The Morgan fingerprint density at radius 3 is 3.06 bits per heavy atom. The van der Waals surface area contributed by atoms with Crippen molar-refractivity contribution >= 4 is 10.9 Å². The van der Waals surface area contributed by atoms with Crippen LogP contribution in [0.2, 0.25) is 0 Å². The quantitative estimate of drug-likeness (QED) is 0.761. The van der Waals surface area contributed by atoms with Gasteiger partial charge in [-0.1, -0.05) is 20.8 Å². The monoisotopic (exact) mass is 227 g/mol. The van der Waals surface area contributed by atoms with Gasteiger partial charge in [0, 0.05) is 29.7 Å². The number of rotatable bonds is 2. The van der Waals surface area contributed by atoms with Gasteiger partial charge in [0.15, 0.2) is 0 Å². The van der Waals surface area contributed by atoms with E-state index in [1.165, 1.54) is 28.7 Å². The first kappa shape index (κ1) is 10.8. The van der Waals surface area contributed by atoms with Crippen LogP contribution in [0.3, 0.4) is 0 Å². The molecule has 1 aliphatic heterocycles. The van der Waals surface area contributed by atoms with Crippen molar-refractivity contribution in [2.24, 2.45) is 0 Å². The Morgan fingerprint density at radius 1 is 1.53 bits per heavy atom. The highest BCUT2D eigenvalue weighted by atomic mass is 15.0. The van der Waals surface area contributed by atoms with E-state index in [2.05, 4.69) is 42.5 Å². The molecule has 0 aromatic carbocycles. The second kappa shape index (κ2) is 3.86. The number of aryl methyl sites for hydroxylation is 1. The maximum Gasteiger partial charge on any atom is 0.0522 e. The fraction of sp³-hybridized carbons (Fsp3) is 0.467. The lowest BCUT2D eigenvalue weighted by atomic mass is 10.00. The summed E-state index contributed by atoms with van der Waals surface area (Å²) in [5, 5.41) is 1.34. The first-order valence-electron chi connectivity index (χ1n) is 6.49. The van der Waals surface area contributed by atoms with Crippen LogP contribution in [0.15, 0.2) is 18.3 Å². The fourth-order valence-corrected chi connectivity index (χ4v) is 3.00. The molecule has 1 radical (unpaired) electrons. The van der Waals surface area contributed by atoms with Crippen LogP contribution in [0.1, 0.15) is 49.9 Å². The summed E-state index contributed by atoms with van der Waals surface area (Å²) >= 11 is 0. The highest BCUT2D eigenvalue weighted by Crippen LogP contribution is 2.37. The molecule has 0 N–H and O–H groups in total. The highest BCUT2D eigenvalue weighted by Gasteiger charge is 2.24. The van der Waals surface area contributed by atoms with E-state index in [9.17, 15) is 0 Å². The van der Waals surface area contributed by atoms with Crippen LogP contribution in [0.5, 0.6) is 0 Å². The van der Waals surface area contributed by atoms with Gasteiger partial charge in [-0.25, -0.2) is 0 Å². The molecule has 0 amide bonds. The molecule has 17 heavy (non-hydrogen) atoms. The summed E-state index contributed by atoms with van der Waals surface area (Å²) in [6.07, 6.45) is 4.19. The standard InChI is InChI=1S/C15H19N2/c1-4-11-6-8-17-13-5-7-16-15(10(2)3)12(13)9-14(11)17/h5,7,9-11H,1,4,6,8H2,2-3H3. The molecule has 1 unspecified atom stereocenters. The van der Waals surface area contributed by atoms with E-state index in [4.69, 9.17) is 0 Å². The molecule has 2 aromatic heterocycles. The predicted molar refractivity (Wildman–Crippen MR) is 71.2 cm³/mol. The zero-order valence-corrected chi connectivity index (χ0v) is 10.6. The van der Waals surface area contributed by atoms with Crippen molar-refractivity contribution < 1.29 is 0 Å². The molecule has 3 heterocycles. The van der Waals surface area contributed by atoms with E-state index in [0.29, 0.717) is 11.8 Å². The molecule has 1 aliphatic rings. The first-order chi connectivity index (χ1) is 8.22. The van der Waals surface area contributed by atoms with E-state index in [1.807, 2.05) is 6.20 Å². The van der Waals surface area contributed by atoms with E-state index < -0.39 is 0 Å². The van der Waals surface area contributed by atoms with Gasteiger partial charge in [-0.05, 0) is 30.9 Å². The van der Waals surface area contributed by atoms with E-state index >= 15 is 0 Å². The Bertz CT molecular complexity index is 551. The Hall–Kier alpha value is -1.31. The minimum Gasteiger partial charge on any atom is -0.344 e. The number of nitrogens with zero attached hydrogens (tertiary/aromatic N) is 2. The minimum absolute atomic E-state index is 0.486. The Morgan fingerprint density at radius 2 is 2.35 bits per heavy atom. The average molecular weight is 227 g/mol. The lowest BCUT2D eigenvalue weighted by Crippen LogP contribution is -1.95. The SMILES string of the molecule is [CH2]CC1CCn2c1cc1c(C(C)C)nccc12. The largest absolute Gasteiger partial charge is 0.344 e. The van der Waals surface area contributed by atoms with Gasteiger partial charge < -0.3 is 4.57 Å². The first-order valence-corrected chi connectivity index (χ1v) is 6.49. The molecule has 89 valence electrons. The third kappa shape index (κ3) is 1.50. The summed E-state index contributed by atoms with van der Waals surface area (Å²) < 4.78 is 2.46. The minimum atomic E-state index is 0.486. The van der Waals surface area contributed by atoms with Crippen LogP contribution in [-0.4, -0.2) is 9.55 Å². The van der Waals surface area contributed by atoms with Crippen molar-refractivity contribution in [3.8, 4) is 0 Å². The fourth-order valence-electron chi connectivity index (χ4n) is 3.00. The molecule has 1 atom stereocenters. The number of hydrogen-bond donors (Lipinski definition) is 0. The molecule has 0 saturated carbocycles. The smallest absolute Gasteiger partial charge is 0.0522 e. The number of aromatic nitrogens is 2. The van der Waals surface area contributed by atoms with Gasteiger partial charge in [-0.2, -0.15) is 0 Å². The average Bonchev–Trinajstić information content (AvgIpc) is 2.86. The van der Waals surface area contributed by atoms with E-state index in [1.54, 1.807) is 0 Å². The van der Waals surface area contributed by atoms with Crippen LogP contribution in [0, 0.1) is 6.92 Å². The topological polar surface area (TPSA) is 17.8 Å². The number of pyridine rings is 1. The molecule has 2 heteroatoms. The van der Waals surface area contributed by atoms with Crippen LogP contribution in [0.25, 0.3) is 10.9 Å². The summed E-state index contributed by atoms with van der Waals surface area (Å²) in [4.78, 5) is 4.54. The maximum atomic E-state index is 4.54. The summed E-state index contributed by atoms with van der Waals surface area (Å²) in [6, 6.07) is 4.50.